The molecule has 1 N–H and O–H groups in total. The lowest BCUT2D eigenvalue weighted by Crippen LogP contribution is -2.27. The molecule has 2 aromatic rings. The maximum absolute atomic E-state index is 13.0. The third-order valence-electron chi connectivity index (χ3n) is 2.85. The summed E-state index contributed by atoms with van der Waals surface area (Å²) in [5.74, 6) is -1.13. The minimum absolute atomic E-state index is 0.221. The molecule has 0 fully saturated rings. The average Bonchev–Trinajstić information content (AvgIpc) is 2.80. The van der Waals surface area contributed by atoms with Crippen LogP contribution in [0.3, 0.4) is 0 Å². The first-order valence-corrected chi connectivity index (χ1v) is 6.20. The summed E-state index contributed by atoms with van der Waals surface area (Å²) >= 11 is 0. The number of nitrogens with one attached hydrogen (secondary N) is 1. The Labute approximate surface area is 119 Å². The van der Waals surface area contributed by atoms with Gasteiger partial charge < -0.3 is 15.4 Å². The number of benzene rings is 1. The van der Waals surface area contributed by atoms with Crippen molar-refractivity contribution in [2.45, 2.75) is 13.5 Å². The van der Waals surface area contributed by atoms with Crippen LogP contribution in [0.5, 0.6) is 0 Å². The van der Waals surface area contributed by atoms with Crippen LogP contribution in [0.1, 0.15) is 16.1 Å². The Hall–Kier alpha value is -2.77. The highest BCUT2D eigenvalue weighted by molar-refractivity contribution is 5.94. The molecule has 7 nitrogen and oxygen atoms in total. The van der Waals surface area contributed by atoms with E-state index in [9.17, 15) is 19.3 Å². The molecule has 0 saturated carbocycles. The number of hydrogen-bond donors (Lipinski definition) is 1. The number of nitro groups is 1. The summed E-state index contributed by atoms with van der Waals surface area (Å²) in [4.78, 5) is 21.8. The third-order valence-corrected chi connectivity index (χ3v) is 2.85. The Morgan fingerprint density at radius 3 is 2.86 bits per heavy atom. The molecule has 0 radical (unpaired) electrons. The Morgan fingerprint density at radius 2 is 2.24 bits per heavy atom. The second-order valence-corrected chi connectivity index (χ2v) is 4.39. The number of amides is 1. The van der Waals surface area contributed by atoms with Crippen LogP contribution in [-0.4, -0.2) is 27.2 Å². The topological polar surface area (TPSA) is 90.1 Å². The van der Waals surface area contributed by atoms with Crippen molar-refractivity contribution in [2.24, 2.45) is 0 Å². The molecule has 1 aromatic heterocycles. The predicted octanol–water partition coefficient (Wildman–Crippen LogP) is 1.67. The fourth-order valence-electron chi connectivity index (χ4n) is 1.82. The van der Waals surface area contributed by atoms with Crippen molar-refractivity contribution < 1.29 is 14.1 Å². The van der Waals surface area contributed by atoms with Gasteiger partial charge >= 0.3 is 5.82 Å². The van der Waals surface area contributed by atoms with E-state index >= 15 is 0 Å². The minimum atomic E-state index is -0.575. The lowest BCUT2D eigenvalue weighted by atomic mass is 10.2. The number of halogens is 1. The summed E-state index contributed by atoms with van der Waals surface area (Å²) in [5.41, 5.74) is 0.847. The molecule has 0 bridgehead atoms. The van der Waals surface area contributed by atoms with Crippen LogP contribution in [0.4, 0.5) is 10.2 Å². The Balaban J connectivity index is 1.92. The van der Waals surface area contributed by atoms with Gasteiger partial charge in [-0.2, -0.15) is 4.68 Å². The number of hydrogen-bond acceptors (Lipinski definition) is 4. The van der Waals surface area contributed by atoms with E-state index in [4.69, 9.17) is 0 Å². The van der Waals surface area contributed by atoms with Crippen LogP contribution in [0.2, 0.25) is 0 Å². The van der Waals surface area contributed by atoms with Crippen molar-refractivity contribution in [3.05, 3.63) is 57.5 Å². The molecule has 1 amide bonds. The highest BCUT2D eigenvalue weighted by Gasteiger charge is 2.15. The molecular weight excluding hydrogens is 279 g/mol. The van der Waals surface area contributed by atoms with Crippen molar-refractivity contribution >= 4 is 11.7 Å². The molecule has 0 aliphatic rings. The quantitative estimate of drug-likeness (QED) is 0.670. The zero-order valence-corrected chi connectivity index (χ0v) is 11.2. The predicted molar refractivity (Wildman–Crippen MR) is 72.4 cm³/mol. The lowest BCUT2D eigenvalue weighted by molar-refractivity contribution is -0.389. The van der Waals surface area contributed by atoms with Crippen molar-refractivity contribution in [1.82, 2.24) is 15.1 Å². The fraction of sp³-hybridized carbons (Fsp3) is 0.231. The van der Waals surface area contributed by atoms with Crippen LogP contribution >= 0.6 is 0 Å². The fourth-order valence-corrected chi connectivity index (χ4v) is 1.82. The number of rotatable bonds is 5. The van der Waals surface area contributed by atoms with Gasteiger partial charge in [0.2, 0.25) is 0 Å². The maximum atomic E-state index is 13.0. The summed E-state index contributed by atoms with van der Waals surface area (Å²) < 4.78 is 14.4. The van der Waals surface area contributed by atoms with Gasteiger partial charge in [0.1, 0.15) is 5.82 Å². The van der Waals surface area contributed by atoms with E-state index in [2.05, 4.69) is 10.4 Å². The van der Waals surface area contributed by atoms with Gasteiger partial charge in [-0.05, 0) is 30.0 Å². The monoisotopic (exact) mass is 292 g/mol. The maximum Gasteiger partial charge on any atom is 0.390 e. The molecule has 110 valence electrons. The standard InChI is InChI=1S/C13H13FN4O3/c1-9-7-12(18(20)21)16-17(9)6-5-15-13(19)10-3-2-4-11(14)8-10/h2-4,7-8H,5-6H2,1H3,(H,15,19). The highest BCUT2D eigenvalue weighted by Crippen LogP contribution is 2.10. The van der Waals surface area contributed by atoms with Gasteiger partial charge in [0.15, 0.2) is 0 Å². The van der Waals surface area contributed by atoms with E-state index in [1.807, 2.05) is 0 Å². The van der Waals surface area contributed by atoms with Crippen LogP contribution in [-0.2, 0) is 6.54 Å². The number of aromatic nitrogens is 2. The molecule has 1 heterocycles. The Kier molecular flexibility index (Phi) is 4.27. The molecule has 1 aromatic carbocycles. The van der Waals surface area contributed by atoms with Gasteiger partial charge in [-0.25, -0.2) is 4.39 Å². The van der Waals surface area contributed by atoms with Gasteiger partial charge in [0.05, 0.1) is 23.4 Å². The molecule has 0 unspecified atom stereocenters. The molecule has 0 spiro atoms. The van der Waals surface area contributed by atoms with Crippen molar-refractivity contribution in [2.75, 3.05) is 6.54 Å². The SMILES string of the molecule is Cc1cc([N+](=O)[O-])nn1CCNC(=O)c1cccc(F)c1. The average molecular weight is 292 g/mol. The van der Waals surface area contributed by atoms with Gasteiger partial charge in [-0.1, -0.05) is 6.07 Å². The van der Waals surface area contributed by atoms with Gasteiger partial charge in [-0.3, -0.25) is 4.79 Å². The van der Waals surface area contributed by atoms with E-state index in [0.717, 1.165) is 6.07 Å². The molecular formula is C13H13FN4O3. The van der Waals surface area contributed by atoms with Gasteiger partial charge in [-0.15, -0.1) is 0 Å². The van der Waals surface area contributed by atoms with E-state index < -0.39 is 16.6 Å². The van der Waals surface area contributed by atoms with Crippen LogP contribution in [0.15, 0.2) is 30.3 Å². The number of carbonyl (C=O) groups is 1. The van der Waals surface area contributed by atoms with Gasteiger partial charge in [0.25, 0.3) is 5.91 Å². The Bertz CT molecular complexity index is 684. The third kappa shape index (κ3) is 3.62. The number of carbonyl (C=O) groups excluding carboxylic acids is 1. The minimum Gasteiger partial charge on any atom is -0.358 e. The highest BCUT2D eigenvalue weighted by atomic mass is 19.1. The van der Waals surface area contributed by atoms with E-state index in [-0.39, 0.29) is 17.9 Å². The smallest absolute Gasteiger partial charge is 0.358 e. The summed E-state index contributed by atoms with van der Waals surface area (Å²) in [6.45, 7) is 2.21. The molecule has 21 heavy (non-hydrogen) atoms. The van der Waals surface area contributed by atoms with Crippen molar-refractivity contribution in [3.8, 4) is 0 Å². The first-order valence-electron chi connectivity index (χ1n) is 6.20. The first kappa shape index (κ1) is 14.6. The number of nitrogens with zero attached hydrogens (tertiary/aromatic N) is 3. The summed E-state index contributed by atoms with van der Waals surface area (Å²) in [5, 5.41) is 17.0. The molecule has 8 heteroatoms. The Morgan fingerprint density at radius 1 is 1.48 bits per heavy atom. The second kappa shape index (κ2) is 6.12. The van der Waals surface area contributed by atoms with E-state index in [1.54, 1.807) is 6.92 Å². The molecule has 0 saturated heterocycles. The van der Waals surface area contributed by atoms with Crippen molar-refractivity contribution in [3.63, 3.8) is 0 Å². The first-order chi connectivity index (χ1) is 9.97. The van der Waals surface area contributed by atoms with Crippen LogP contribution in [0, 0.1) is 22.9 Å². The molecule has 2 rings (SSSR count). The van der Waals surface area contributed by atoms with Crippen LogP contribution < -0.4 is 5.32 Å². The zero-order valence-electron chi connectivity index (χ0n) is 11.2. The molecule has 0 atom stereocenters. The number of aryl methyl sites for hydroxylation is 1. The van der Waals surface area contributed by atoms with Crippen LogP contribution in [0.25, 0.3) is 0 Å². The summed E-state index contributed by atoms with van der Waals surface area (Å²) in [7, 11) is 0. The molecule has 0 aliphatic heterocycles. The van der Waals surface area contributed by atoms with E-state index in [1.165, 1.54) is 28.9 Å². The second-order valence-electron chi connectivity index (χ2n) is 4.39. The summed E-state index contributed by atoms with van der Waals surface area (Å²) in [6, 6.07) is 6.70. The summed E-state index contributed by atoms with van der Waals surface area (Å²) in [6.07, 6.45) is 0. The van der Waals surface area contributed by atoms with Crippen molar-refractivity contribution in [1.29, 1.82) is 0 Å². The largest absolute Gasteiger partial charge is 0.390 e. The van der Waals surface area contributed by atoms with Gasteiger partial charge in [0, 0.05) is 12.1 Å². The van der Waals surface area contributed by atoms with E-state index in [0.29, 0.717) is 12.2 Å². The normalized spacial score (nSPS) is 10.4. The molecule has 0 aliphatic carbocycles. The lowest BCUT2D eigenvalue weighted by Gasteiger charge is -2.04. The zero-order chi connectivity index (χ0) is 15.4.